The number of carbonyl (C=O) groups excluding carboxylic acids is 1. The zero-order chi connectivity index (χ0) is 11.8. The van der Waals surface area contributed by atoms with Crippen molar-refractivity contribution in [2.75, 3.05) is 20.3 Å². The molecule has 0 aliphatic heterocycles. The maximum absolute atomic E-state index is 12.2. The number of methoxy groups -OCH3 is 1. The molecule has 4 saturated carbocycles. The van der Waals surface area contributed by atoms with Crippen LogP contribution < -0.4 is 5.32 Å². The average Bonchev–Trinajstić information content (AvgIpc) is 2.27. The molecule has 1 amide bonds. The second-order valence-corrected chi connectivity index (χ2v) is 6.24. The van der Waals surface area contributed by atoms with Crippen LogP contribution in [0.5, 0.6) is 0 Å². The molecule has 0 heterocycles. The number of ether oxygens (including phenoxy) is 1. The molecule has 0 unspecified atom stereocenters. The van der Waals surface area contributed by atoms with Crippen LogP contribution in [0.3, 0.4) is 0 Å². The fourth-order valence-corrected chi connectivity index (χ4v) is 4.75. The monoisotopic (exact) mass is 237 g/mol. The minimum atomic E-state index is 0.302. The van der Waals surface area contributed by atoms with Gasteiger partial charge in [-0.1, -0.05) is 0 Å². The molecule has 0 aromatic rings. The number of hydrogen-bond donors (Lipinski definition) is 1. The normalized spacial score (nSPS) is 42.8. The number of nitrogens with one attached hydrogen (secondary N) is 1. The van der Waals surface area contributed by atoms with E-state index in [0.29, 0.717) is 36.8 Å². The number of carbonyl (C=O) groups is 1. The molecule has 3 heteroatoms. The SMILES string of the molecule is COCCNC(=O)C1C2CC3CC(C2)CC1C3. The first kappa shape index (κ1) is 11.5. The number of amides is 1. The van der Waals surface area contributed by atoms with Crippen LogP contribution >= 0.6 is 0 Å². The quantitative estimate of drug-likeness (QED) is 0.757. The molecule has 4 rings (SSSR count). The Morgan fingerprint density at radius 2 is 1.71 bits per heavy atom. The van der Waals surface area contributed by atoms with Crippen molar-refractivity contribution in [3.63, 3.8) is 0 Å². The van der Waals surface area contributed by atoms with Crippen molar-refractivity contribution in [2.45, 2.75) is 32.1 Å². The van der Waals surface area contributed by atoms with Gasteiger partial charge in [0, 0.05) is 19.6 Å². The van der Waals surface area contributed by atoms with Crippen LogP contribution in [0, 0.1) is 29.6 Å². The average molecular weight is 237 g/mol. The molecule has 3 nitrogen and oxygen atoms in total. The maximum Gasteiger partial charge on any atom is 0.223 e. The predicted molar refractivity (Wildman–Crippen MR) is 65.4 cm³/mol. The van der Waals surface area contributed by atoms with Crippen LogP contribution in [0.25, 0.3) is 0 Å². The van der Waals surface area contributed by atoms with E-state index < -0.39 is 0 Å². The van der Waals surface area contributed by atoms with E-state index in [4.69, 9.17) is 4.74 Å². The summed E-state index contributed by atoms with van der Waals surface area (Å²) in [5, 5.41) is 3.05. The molecule has 0 aromatic carbocycles. The molecule has 4 bridgehead atoms. The number of hydrogen-bond acceptors (Lipinski definition) is 2. The Labute approximate surface area is 103 Å². The first-order valence-electron chi connectivity index (χ1n) is 7.04. The third kappa shape index (κ3) is 2.10. The molecule has 4 aliphatic rings. The molecule has 0 spiro atoms. The summed E-state index contributed by atoms with van der Waals surface area (Å²) in [5.41, 5.74) is 0. The van der Waals surface area contributed by atoms with Gasteiger partial charge in [0.25, 0.3) is 0 Å². The van der Waals surface area contributed by atoms with Crippen LogP contribution in [0.15, 0.2) is 0 Å². The van der Waals surface area contributed by atoms with Gasteiger partial charge in [0.05, 0.1) is 6.61 Å². The van der Waals surface area contributed by atoms with Crippen molar-refractivity contribution in [2.24, 2.45) is 29.6 Å². The van der Waals surface area contributed by atoms with E-state index in [0.717, 1.165) is 11.8 Å². The van der Waals surface area contributed by atoms with Crippen LogP contribution in [0.1, 0.15) is 32.1 Å². The van der Waals surface area contributed by atoms with Crippen LogP contribution in [-0.4, -0.2) is 26.2 Å². The summed E-state index contributed by atoms with van der Waals surface area (Å²) in [6.07, 6.45) is 6.71. The maximum atomic E-state index is 12.2. The van der Waals surface area contributed by atoms with Gasteiger partial charge in [-0.3, -0.25) is 4.79 Å². The standard InChI is InChI=1S/C14H23NO2/c1-17-3-2-15-14(16)13-11-5-9-4-10(7-11)8-12(13)6-9/h9-13H,2-8H2,1H3,(H,15,16). The van der Waals surface area contributed by atoms with Gasteiger partial charge in [0.15, 0.2) is 0 Å². The van der Waals surface area contributed by atoms with E-state index in [1.54, 1.807) is 7.11 Å². The lowest BCUT2D eigenvalue weighted by Gasteiger charge is -2.53. The minimum absolute atomic E-state index is 0.302. The second kappa shape index (κ2) is 4.60. The van der Waals surface area contributed by atoms with Crippen molar-refractivity contribution >= 4 is 5.91 Å². The summed E-state index contributed by atoms with van der Waals surface area (Å²) in [7, 11) is 1.68. The Bertz CT molecular complexity index is 275. The Hall–Kier alpha value is -0.570. The lowest BCUT2D eigenvalue weighted by molar-refractivity contribution is -0.138. The largest absolute Gasteiger partial charge is 0.383 e. The minimum Gasteiger partial charge on any atom is -0.383 e. The van der Waals surface area contributed by atoms with E-state index in [9.17, 15) is 4.79 Å². The van der Waals surface area contributed by atoms with Crippen LogP contribution in [0.4, 0.5) is 0 Å². The van der Waals surface area contributed by atoms with E-state index in [2.05, 4.69) is 5.32 Å². The Morgan fingerprint density at radius 3 is 2.24 bits per heavy atom. The topological polar surface area (TPSA) is 38.3 Å². The Kier molecular flexibility index (Phi) is 3.12. The third-order valence-corrected chi connectivity index (χ3v) is 5.13. The van der Waals surface area contributed by atoms with E-state index >= 15 is 0 Å². The van der Waals surface area contributed by atoms with Crippen LogP contribution in [-0.2, 0) is 9.53 Å². The highest BCUT2D eigenvalue weighted by molar-refractivity contribution is 5.79. The molecule has 0 saturated heterocycles. The molecule has 0 aromatic heterocycles. The molecule has 4 fully saturated rings. The third-order valence-electron chi connectivity index (χ3n) is 5.13. The lowest BCUT2D eigenvalue weighted by Crippen LogP contribution is -2.51. The molecule has 1 N–H and O–H groups in total. The summed E-state index contributed by atoms with van der Waals surface area (Å²) < 4.78 is 4.98. The number of rotatable bonds is 4. The van der Waals surface area contributed by atoms with Gasteiger partial charge < -0.3 is 10.1 Å². The first-order chi connectivity index (χ1) is 8.28. The lowest BCUT2D eigenvalue weighted by atomic mass is 9.51. The molecule has 96 valence electrons. The van der Waals surface area contributed by atoms with Gasteiger partial charge in [-0.2, -0.15) is 0 Å². The fourth-order valence-electron chi connectivity index (χ4n) is 4.75. The van der Waals surface area contributed by atoms with Gasteiger partial charge in [0.2, 0.25) is 5.91 Å². The van der Waals surface area contributed by atoms with Gasteiger partial charge in [-0.25, -0.2) is 0 Å². The zero-order valence-electron chi connectivity index (χ0n) is 10.7. The first-order valence-corrected chi connectivity index (χ1v) is 7.04. The highest BCUT2D eigenvalue weighted by Gasteiger charge is 2.50. The van der Waals surface area contributed by atoms with Crippen molar-refractivity contribution < 1.29 is 9.53 Å². The Morgan fingerprint density at radius 1 is 1.12 bits per heavy atom. The Balaban J connectivity index is 1.61. The highest BCUT2D eigenvalue weighted by Crippen LogP contribution is 2.56. The highest BCUT2D eigenvalue weighted by atomic mass is 16.5. The summed E-state index contributed by atoms with van der Waals surface area (Å²) >= 11 is 0. The van der Waals surface area contributed by atoms with Gasteiger partial charge in [-0.05, 0) is 55.8 Å². The van der Waals surface area contributed by atoms with Crippen molar-refractivity contribution in [1.82, 2.24) is 5.32 Å². The summed E-state index contributed by atoms with van der Waals surface area (Å²) in [6.45, 7) is 1.29. The van der Waals surface area contributed by atoms with Gasteiger partial charge in [-0.15, -0.1) is 0 Å². The van der Waals surface area contributed by atoms with Crippen molar-refractivity contribution in [3.8, 4) is 0 Å². The smallest absolute Gasteiger partial charge is 0.223 e. The molecule has 0 atom stereocenters. The molecule has 4 aliphatic carbocycles. The second-order valence-electron chi connectivity index (χ2n) is 6.24. The molecular formula is C14H23NO2. The molecule has 0 radical (unpaired) electrons. The van der Waals surface area contributed by atoms with E-state index in [1.165, 1.54) is 32.1 Å². The van der Waals surface area contributed by atoms with Crippen LogP contribution in [0.2, 0.25) is 0 Å². The van der Waals surface area contributed by atoms with Gasteiger partial charge >= 0.3 is 0 Å². The molecular weight excluding hydrogens is 214 g/mol. The van der Waals surface area contributed by atoms with Crippen molar-refractivity contribution in [1.29, 1.82) is 0 Å². The summed E-state index contributed by atoms with van der Waals surface area (Å²) in [4.78, 5) is 12.2. The summed E-state index contributed by atoms with van der Waals surface area (Å²) in [6, 6.07) is 0. The fraction of sp³-hybridized carbons (Fsp3) is 0.929. The van der Waals surface area contributed by atoms with Gasteiger partial charge in [0.1, 0.15) is 0 Å². The summed E-state index contributed by atoms with van der Waals surface area (Å²) in [5.74, 6) is 3.89. The van der Waals surface area contributed by atoms with Crippen molar-refractivity contribution in [3.05, 3.63) is 0 Å². The predicted octanol–water partition coefficient (Wildman–Crippen LogP) is 1.82. The van der Waals surface area contributed by atoms with E-state index in [1.807, 2.05) is 0 Å². The zero-order valence-corrected chi connectivity index (χ0v) is 10.7. The van der Waals surface area contributed by atoms with E-state index in [-0.39, 0.29) is 0 Å². The molecule has 17 heavy (non-hydrogen) atoms.